The maximum atomic E-state index is 5.94. The van der Waals surface area contributed by atoms with Gasteiger partial charge in [0.1, 0.15) is 0 Å². The number of hydrogen-bond acceptors (Lipinski definition) is 7. The lowest BCUT2D eigenvalue weighted by molar-refractivity contribution is -0.101. The first-order valence-corrected chi connectivity index (χ1v) is 5.60. The summed E-state index contributed by atoms with van der Waals surface area (Å²) in [5.41, 5.74) is 5.94. The van der Waals surface area contributed by atoms with Gasteiger partial charge in [0.2, 0.25) is 0 Å². The fraction of sp³-hybridized carbons (Fsp3) is 0.800. The molecule has 0 aromatic carbocycles. The van der Waals surface area contributed by atoms with Crippen molar-refractivity contribution in [3.63, 3.8) is 0 Å². The molecule has 2 unspecified atom stereocenters. The largest absolute Gasteiger partial charge is 0.376 e. The summed E-state index contributed by atoms with van der Waals surface area (Å²) in [7, 11) is 3.89. The molecule has 1 aromatic rings. The normalized spacial score (nSPS) is 22.9. The Morgan fingerprint density at radius 1 is 1.47 bits per heavy atom. The highest BCUT2D eigenvalue weighted by atomic mass is 16.6. The minimum absolute atomic E-state index is 0.257. The first-order chi connectivity index (χ1) is 8.16. The molecule has 2 heterocycles. The van der Waals surface area contributed by atoms with Crippen LogP contribution in [0.1, 0.15) is 23.9 Å². The second-order valence-electron chi connectivity index (χ2n) is 4.29. The first-order valence-electron chi connectivity index (χ1n) is 5.60. The van der Waals surface area contributed by atoms with Crippen molar-refractivity contribution in [3.8, 4) is 0 Å². The Morgan fingerprint density at radius 3 is 2.94 bits per heavy atom. The molecule has 0 aliphatic carbocycles. The van der Waals surface area contributed by atoms with E-state index in [-0.39, 0.29) is 12.1 Å². The van der Waals surface area contributed by atoms with Gasteiger partial charge in [-0.15, -0.1) is 0 Å². The second kappa shape index (κ2) is 5.54. The van der Waals surface area contributed by atoms with E-state index in [0.29, 0.717) is 38.1 Å². The van der Waals surface area contributed by atoms with Gasteiger partial charge >= 0.3 is 0 Å². The molecule has 1 aliphatic rings. The van der Waals surface area contributed by atoms with Crippen molar-refractivity contribution in [2.24, 2.45) is 5.73 Å². The summed E-state index contributed by atoms with van der Waals surface area (Å²) < 4.78 is 15.9. The Morgan fingerprint density at radius 2 is 2.29 bits per heavy atom. The zero-order valence-electron chi connectivity index (χ0n) is 10.1. The SMILES string of the molecule is CN(C)CC(N)c1noc(C2COCCO2)n1. The summed E-state index contributed by atoms with van der Waals surface area (Å²) in [6, 6.07) is -0.257. The molecule has 2 N–H and O–H groups in total. The zero-order chi connectivity index (χ0) is 12.3. The van der Waals surface area contributed by atoms with Crippen LogP contribution >= 0.6 is 0 Å². The third kappa shape index (κ3) is 3.22. The molecular formula is C10H18N4O3. The first kappa shape index (κ1) is 12.4. The smallest absolute Gasteiger partial charge is 0.258 e. The summed E-state index contributed by atoms with van der Waals surface area (Å²) in [6.45, 7) is 2.27. The molecule has 0 bridgehead atoms. The number of nitrogens with two attached hydrogens (primary N) is 1. The minimum atomic E-state index is -0.267. The van der Waals surface area contributed by atoms with Gasteiger partial charge in [-0.05, 0) is 14.1 Å². The van der Waals surface area contributed by atoms with Crippen molar-refractivity contribution in [2.45, 2.75) is 12.1 Å². The van der Waals surface area contributed by atoms with Crippen LogP contribution in [-0.4, -0.2) is 55.5 Å². The van der Waals surface area contributed by atoms with E-state index in [4.69, 9.17) is 19.7 Å². The van der Waals surface area contributed by atoms with Crippen LogP contribution in [0.4, 0.5) is 0 Å². The van der Waals surface area contributed by atoms with Crippen molar-refractivity contribution in [1.82, 2.24) is 15.0 Å². The highest BCUT2D eigenvalue weighted by molar-refractivity contribution is 4.96. The van der Waals surface area contributed by atoms with Crippen LogP contribution in [0.2, 0.25) is 0 Å². The summed E-state index contributed by atoms with van der Waals surface area (Å²) in [4.78, 5) is 6.23. The predicted molar refractivity (Wildman–Crippen MR) is 59.3 cm³/mol. The number of nitrogens with zero attached hydrogens (tertiary/aromatic N) is 3. The van der Waals surface area contributed by atoms with Crippen molar-refractivity contribution in [1.29, 1.82) is 0 Å². The van der Waals surface area contributed by atoms with Gasteiger partial charge in [0.15, 0.2) is 11.9 Å². The highest BCUT2D eigenvalue weighted by Crippen LogP contribution is 2.20. The molecular weight excluding hydrogens is 224 g/mol. The lowest BCUT2D eigenvalue weighted by Gasteiger charge is -2.19. The molecule has 1 saturated heterocycles. The molecule has 0 spiro atoms. The number of aromatic nitrogens is 2. The van der Waals surface area contributed by atoms with Gasteiger partial charge in [0, 0.05) is 6.54 Å². The van der Waals surface area contributed by atoms with Gasteiger partial charge in [-0.3, -0.25) is 0 Å². The molecule has 17 heavy (non-hydrogen) atoms. The standard InChI is InChI=1S/C10H18N4O3/c1-14(2)5-7(11)9-12-10(17-13-9)8-6-15-3-4-16-8/h7-8H,3-6,11H2,1-2H3. The van der Waals surface area contributed by atoms with E-state index >= 15 is 0 Å². The molecule has 96 valence electrons. The summed E-state index contributed by atoms with van der Waals surface area (Å²) in [6.07, 6.45) is -0.267. The second-order valence-corrected chi connectivity index (χ2v) is 4.29. The van der Waals surface area contributed by atoms with Gasteiger partial charge in [-0.2, -0.15) is 4.98 Å². The van der Waals surface area contributed by atoms with Crippen LogP contribution in [0.3, 0.4) is 0 Å². The maximum absolute atomic E-state index is 5.94. The Kier molecular flexibility index (Phi) is 4.06. The number of ether oxygens (including phenoxy) is 2. The average Bonchev–Trinajstić information content (AvgIpc) is 2.78. The fourth-order valence-corrected chi connectivity index (χ4v) is 1.63. The molecule has 0 amide bonds. The molecule has 1 aromatic heterocycles. The van der Waals surface area contributed by atoms with Crippen LogP contribution in [0.15, 0.2) is 4.52 Å². The fourth-order valence-electron chi connectivity index (χ4n) is 1.63. The van der Waals surface area contributed by atoms with E-state index < -0.39 is 0 Å². The van der Waals surface area contributed by atoms with E-state index in [1.165, 1.54) is 0 Å². The van der Waals surface area contributed by atoms with Gasteiger partial charge in [-0.25, -0.2) is 0 Å². The molecule has 0 radical (unpaired) electrons. The quantitative estimate of drug-likeness (QED) is 0.776. The van der Waals surface area contributed by atoms with Crippen LogP contribution in [0.5, 0.6) is 0 Å². The minimum Gasteiger partial charge on any atom is -0.376 e. The molecule has 7 heteroatoms. The van der Waals surface area contributed by atoms with Crippen molar-refractivity contribution in [3.05, 3.63) is 11.7 Å². The number of rotatable bonds is 4. The van der Waals surface area contributed by atoms with Crippen molar-refractivity contribution >= 4 is 0 Å². The van der Waals surface area contributed by atoms with Gasteiger partial charge < -0.3 is 24.6 Å². The Hall–Kier alpha value is -1.02. The number of hydrogen-bond donors (Lipinski definition) is 1. The van der Waals surface area contributed by atoms with Gasteiger partial charge in [0.05, 0.1) is 25.9 Å². The lowest BCUT2D eigenvalue weighted by Crippen LogP contribution is -2.27. The predicted octanol–water partition coefficient (Wildman–Crippen LogP) is -0.281. The molecule has 2 atom stereocenters. The van der Waals surface area contributed by atoms with Gasteiger partial charge in [0.25, 0.3) is 5.89 Å². The van der Waals surface area contributed by atoms with Gasteiger partial charge in [-0.1, -0.05) is 5.16 Å². The topological polar surface area (TPSA) is 86.6 Å². The molecule has 1 aliphatic heterocycles. The van der Waals surface area contributed by atoms with Crippen LogP contribution in [0.25, 0.3) is 0 Å². The summed E-state index contributed by atoms with van der Waals surface area (Å²) in [5.74, 6) is 0.941. The van der Waals surface area contributed by atoms with Crippen LogP contribution in [0, 0.1) is 0 Å². The number of likely N-dealkylation sites (N-methyl/N-ethyl adjacent to an activating group) is 1. The Balaban J connectivity index is 1.99. The van der Waals surface area contributed by atoms with Crippen molar-refractivity contribution in [2.75, 3.05) is 40.5 Å². The van der Waals surface area contributed by atoms with Crippen LogP contribution < -0.4 is 5.73 Å². The summed E-state index contributed by atoms with van der Waals surface area (Å²) >= 11 is 0. The monoisotopic (exact) mass is 242 g/mol. The Bertz CT molecular complexity index is 349. The maximum Gasteiger partial charge on any atom is 0.258 e. The molecule has 0 saturated carbocycles. The molecule has 1 fully saturated rings. The van der Waals surface area contributed by atoms with Crippen molar-refractivity contribution < 1.29 is 14.0 Å². The van der Waals surface area contributed by atoms with E-state index in [1.54, 1.807) is 0 Å². The van der Waals surface area contributed by atoms with E-state index in [0.717, 1.165) is 0 Å². The summed E-state index contributed by atoms with van der Waals surface area (Å²) in [5, 5.41) is 3.87. The highest BCUT2D eigenvalue weighted by Gasteiger charge is 2.24. The molecule has 2 rings (SSSR count). The Labute approximate surface area is 99.9 Å². The van der Waals surface area contributed by atoms with E-state index in [9.17, 15) is 0 Å². The molecule has 7 nitrogen and oxygen atoms in total. The van der Waals surface area contributed by atoms with E-state index in [1.807, 2.05) is 19.0 Å². The lowest BCUT2D eigenvalue weighted by atomic mass is 10.3. The zero-order valence-corrected chi connectivity index (χ0v) is 10.1. The van der Waals surface area contributed by atoms with Crippen LogP contribution in [-0.2, 0) is 9.47 Å². The third-order valence-electron chi connectivity index (χ3n) is 2.44. The van der Waals surface area contributed by atoms with E-state index in [2.05, 4.69) is 10.1 Å². The third-order valence-corrected chi connectivity index (χ3v) is 2.44. The average molecular weight is 242 g/mol.